The van der Waals surface area contributed by atoms with E-state index < -0.39 is 5.97 Å². The summed E-state index contributed by atoms with van der Waals surface area (Å²) >= 11 is 6.05. The second-order valence-electron chi connectivity index (χ2n) is 7.17. The van der Waals surface area contributed by atoms with E-state index in [0.29, 0.717) is 42.4 Å². The Morgan fingerprint density at radius 1 is 1.32 bits per heavy atom. The van der Waals surface area contributed by atoms with Crippen molar-refractivity contribution in [1.29, 1.82) is 0 Å². The summed E-state index contributed by atoms with van der Waals surface area (Å²) in [5, 5.41) is 3.30. The monoisotopic (exact) mass is 450 g/mol. The van der Waals surface area contributed by atoms with Crippen LogP contribution in [0.4, 0.5) is 5.69 Å². The average Bonchev–Trinajstić information content (AvgIpc) is 3.19. The number of piperidine rings is 1. The Bertz CT molecular complexity index is 948. The van der Waals surface area contributed by atoms with Crippen molar-refractivity contribution >= 4 is 29.2 Å². The van der Waals surface area contributed by atoms with Crippen molar-refractivity contribution in [3.05, 3.63) is 40.4 Å². The molecule has 1 fully saturated rings. The molecule has 0 aliphatic carbocycles. The minimum absolute atomic E-state index is 0.192. The number of halogens is 1. The number of esters is 1. The third-order valence-electron chi connectivity index (χ3n) is 5.43. The van der Waals surface area contributed by atoms with E-state index in [0.717, 1.165) is 11.4 Å². The number of anilines is 1. The van der Waals surface area contributed by atoms with Gasteiger partial charge in [-0.2, -0.15) is 0 Å². The van der Waals surface area contributed by atoms with Gasteiger partial charge in [0.05, 0.1) is 32.1 Å². The molecule has 0 spiro atoms. The highest BCUT2D eigenvalue weighted by atomic mass is 35.5. The average molecular weight is 451 g/mol. The molecule has 1 aliphatic rings. The quantitative estimate of drug-likeness (QED) is 0.624. The summed E-state index contributed by atoms with van der Waals surface area (Å²) in [5.41, 5.74) is 1.93. The first-order valence-electron chi connectivity index (χ1n) is 10.0. The molecule has 31 heavy (non-hydrogen) atoms. The lowest BCUT2D eigenvalue weighted by Crippen LogP contribution is -2.55. The zero-order valence-corrected chi connectivity index (χ0v) is 18.8. The molecule has 2 heterocycles. The minimum Gasteiger partial charge on any atom is -0.496 e. The number of carbonyl (C=O) groups excluding carboxylic acids is 2. The molecule has 2 N–H and O–H groups in total. The van der Waals surface area contributed by atoms with Crippen molar-refractivity contribution in [2.45, 2.75) is 31.9 Å². The normalized spacial score (nSPS) is 18.5. The van der Waals surface area contributed by atoms with E-state index in [9.17, 15) is 9.59 Å². The molecule has 0 saturated carbocycles. The molecule has 3 rings (SSSR count). The summed E-state index contributed by atoms with van der Waals surface area (Å²) in [5.74, 6) is -0.145. The predicted molar refractivity (Wildman–Crippen MR) is 116 cm³/mol. The Morgan fingerprint density at radius 3 is 2.71 bits per heavy atom. The molecule has 2 unspecified atom stereocenters. The summed E-state index contributed by atoms with van der Waals surface area (Å²) in [6, 6.07) is 5.17. The van der Waals surface area contributed by atoms with Gasteiger partial charge >= 0.3 is 5.97 Å². The standard InChI is InChI=1S/C21H27ClN4O5/c1-5-14-18(22)25-19(23-14)20(27)24-15-8-9-26(11-17(15)30-3)12-6-7-16(29-2)13(10-12)21(28)31-4/h6-7,10,15,17H,5,8-9,11H2,1-4H3,(H,23,25)(H,24,27). The highest BCUT2D eigenvalue weighted by molar-refractivity contribution is 6.30. The smallest absolute Gasteiger partial charge is 0.341 e. The number of H-pyrrole nitrogens is 1. The molecule has 1 amide bonds. The second kappa shape index (κ2) is 10.0. The van der Waals surface area contributed by atoms with Crippen LogP contribution in [0.3, 0.4) is 0 Å². The van der Waals surface area contributed by atoms with Crippen LogP contribution in [0, 0.1) is 0 Å². The van der Waals surface area contributed by atoms with E-state index in [1.807, 2.05) is 13.0 Å². The first kappa shape index (κ1) is 22.9. The van der Waals surface area contributed by atoms with Gasteiger partial charge in [-0.25, -0.2) is 9.78 Å². The number of nitrogens with one attached hydrogen (secondary N) is 2. The maximum atomic E-state index is 12.6. The number of aromatic nitrogens is 2. The van der Waals surface area contributed by atoms with Crippen molar-refractivity contribution in [1.82, 2.24) is 15.3 Å². The number of nitrogens with zero attached hydrogens (tertiary/aromatic N) is 2. The fourth-order valence-electron chi connectivity index (χ4n) is 3.68. The number of rotatable bonds is 7. The number of methoxy groups -OCH3 is 3. The van der Waals surface area contributed by atoms with Crippen molar-refractivity contribution in [2.24, 2.45) is 0 Å². The van der Waals surface area contributed by atoms with E-state index in [1.54, 1.807) is 19.2 Å². The van der Waals surface area contributed by atoms with Crippen LogP contribution in [0.2, 0.25) is 5.15 Å². The summed E-state index contributed by atoms with van der Waals surface area (Å²) in [6.07, 6.45) is 1.06. The first-order valence-corrected chi connectivity index (χ1v) is 10.4. The molecule has 1 saturated heterocycles. The Morgan fingerprint density at radius 2 is 2.10 bits per heavy atom. The van der Waals surface area contributed by atoms with E-state index in [-0.39, 0.29) is 23.9 Å². The molecule has 1 aromatic heterocycles. The number of aryl methyl sites for hydroxylation is 1. The van der Waals surface area contributed by atoms with Crippen LogP contribution in [0.15, 0.2) is 18.2 Å². The van der Waals surface area contributed by atoms with Crippen molar-refractivity contribution < 1.29 is 23.8 Å². The van der Waals surface area contributed by atoms with E-state index >= 15 is 0 Å². The van der Waals surface area contributed by atoms with Gasteiger partial charge in [0, 0.05) is 25.9 Å². The SMILES string of the molecule is CCc1[nH]c(C(=O)NC2CCN(c3ccc(OC)c(C(=O)OC)c3)CC2OC)nc1Cl. The topological polar surface area (TPSA) is 106 Å². The van der Waals surface area contributed by atoms with Gasteiger partial charge in [0.15, 0.2) is 11.0 Å². The van der Waals surface area contributed by atoms with Gasteiger partial charge in [-0.1, -0.05) is 18.5 Å². The van der Waals surface area contributed by atoms with Gasteiger partial charge in [0.2, 0.25) is 0 Å². The van der Waals surface area contributed by atoms with E-state index in [2.05, 4.69) is 20.2 Å². The maximum absolute atomic E-state index is 12.6. The maximum Gasteiger partial charge on any atom is 0.341 e. The number of hydrogen-bond donors (Lipinski definition) is 2. The lowest BCUT2D eigenvalue weighted by atomic mass is 10.00. The molecule has 1 aliphatic heterocycles. The summed E-state index contributed by atoms with van der Waals surface area (Å²) in [6.45, 7) is 3.13. The lowest BCUT2D eigenvalue weighted by molar-refractivity contribution is 0.0537. The summed E-state index contributed by atoms with van der Waals surface area (Å²) in [7, 11) is 4.45. The fraction of sp³-hybridized carbons (Fsp3) is 0.476. The van der Waals surface area contributed by atoms with Crippen LogP contribution >= 0.6 is 11.6 Å². The third kappa shape index (κ3) is 4.94. The molecule has 0 bridgehead atoms. The van der Waals surface area contributed by atoms with Gasteiger partial charge in [0.1, 0.15) is 11.3 Å². The van der Waals surface area contributed by atoms with Gasteiger partial charge in [-0.05, 0) is 31.0 Å². The number of aromatic amines is 1. The highest BCUT2D eigenvalue weighted by Crippen LogP contribution is 2.28. The van der Waals surface area contributed by atoms with Crippen LogP contribution in [0.5, 0.6) is 5.75 Å². The van der Waals surface area contributed by atoms with Crippen LogP contribution in [-0.2, 0) is 15.9 Å². The number of imidazole rings is 1. The van der Waals surface area contributed by atoms with Crippen molar-refractivity contribution in [2.75, 3.05) is 39.3 Å². The summed E-state index contributed by atoms with van der Waals surface area (Å²) < 4.78 is 15.8. The Labute approximate surface area is 186 Å². The largest absolute Gasteiger partial charge is 0.496 e. The van der Waals surface area contributed by atoms with Crippen LogP contribution in [-0.4, -0.2) is 68.4 Å². The van der Waals surface area contributed by atoms with Crippen LogP contribution in [0.25, 0.3) is 0 Å². The highest BCUT2D eigenvalue weighted by Gasteiger charge is 2.32. The van der Waals surface area contributed by atoms with E-state index in [4.69, 9.17) is 25.8 Å². The van der Waals surface area contributed by atoms with E-state index in [1.165, 1.54) is 14.2 Å². The van der Waals surface area contributed by atoms with Crippen LogP contribution in [0.1, 0.15) is 40.0 Å². The molecular formula is C21H27ClN4O5. The predicted octanol–water partition coefficient (Wildman–Crippen LogP) is 2.44. The number of ether oxygens (including phenoxy) is 3. The lowest BCUT2D eigenvalue weighted by Gasteiger charge is -2.39. The molecule has 168 valence electrons. The molecular weight excluding hydrogens is 424 g/mol. The number of hydrogen-bond acceptors (Lipinski definition) is 7. The molecule has 0 radical (unpaired) electrons. The third-order valence-corrected chi connectivity index (χ3v) is 5.74. The zero-order valence-electron chi connectivity index (χ0n) is 18.0. The molecule has 1 aromatic carbocycles. The molecule has 10 heteroatoms. The number of carbonyl (C=O) groups is 2. The number of benzene rings is 1. The van der Waals surface area contributed by atoms with Crippen molar-refractivity contribution in [3.8, 4) is 5.75 Å². The van der Waals surface area contributed by atoms with Gasteiger partial charge in [-0.3, -0.25) is 4.79 Å². The molecule has 2 atom stereocenters. The van der Waals surface area contributed by atoms with Gasteiger partial charge in [0.25, 0.3) is 5.91 Å². The Kier molecular flexibility index (Phi) is 7.40. The Balaban J connectivity index is 1.72. The molecule has 9 nitrogen and oxygen atoms in total. The fourth-order valence-corrected chi connectivity index (χ4v) is 3.95. The first-order chi connectivity index (χ1) is 14.9. The molecule has 2 aromatic rings. The minimum atomic E-state index is -0.465. The Hall–Kier alpha value is -2.78. The summed E-state index contributed by atoms with van der Waals surface area (Å²) in [4.78, 5) is 33.9. The number of amides is 1. The van der Waals surface area contributed by atoms with Crippen molar-refractivity contribution in [3.63, 3.8) is 0 Å². The zero-order chi connectivity index (χ0) is 22.5. The van der Waals surface area contributed by atoms with Crippen LogP contribution < -0.4 is 15.0 Å². The van der Waals surface area contributed by atoms with Gasteiger partial charge in [-0.15, -0.1) is 0 Å². The van der Waals surface area contributed by atoms with Gasteiger partial charge < -0.3 is 29.4 Å². The second-order valence-corrected chi connectivity index (χ2v) is 7.53.